The van der Waals surface area contributed by atoms with Gasteiger partial charge < -0.3 is 19.1 Å². The molecule has 14 aromatic rings. The predicted molar refractivity (Wildman–Crippen MR) is 400 cm³/mol. The summed E-state index contributed by atoms with van der Waals surface area (Å²) < 4.78 is 4.82. The number of benzene rings is 8. The Morgan fingerprint density at radius 3 is 0.753 bits per heavy atom. The van der Waals surface area contributed by atoms with E-state index in [4.69, 9.17) is 19.9 Å². The fraction of sp³-hybridized carbons (Fsp3) is 0. The summed E-state index contributed by atoms with van der Waals surface area (Å²) in [4.78, 5) is 27.8. The summed E-state index contributed by atoms with van der Waals surface area (Å²) in [6, 6.07) is 107. The Kier molecular flexibility index (Phi) is 16.0. The summed E-state index contributed by atoms with van der Waals surface area (Å²) in [5.41, 5.74) is 30.8. The number of hydrogen-bond acceptors (Lipinski definition) is 4. The van der Waals surface area contributed by atoms with Crippen molar-refractivity contribution in [1.29, 1.82) is 0 Å². The number of hydrogen-bond donors (Lipinski definition) is 2. The van der Waals surface area contributed by atoms with Gasteiger partial charge in [-0.05, 0) is 167 Å². The maximum atomic E-state index is 5.29. The normalized spacial score (nSPS) is 11.9. The Balaban J connectivity index is 0.000000151. The summed E-state index contributed by atoms with van der Waals surface area (Å²) in [7, 11) is 0. The first kappa shape index (κ1) is 59.5. The SMILES string of the molecule is C1=Cc2cc3c(-c4ccccc4)c(-c4ccccc4)c(c(-c4ccccc4)c4nc(cc5ccc(cc1n2)[nH]5)C=C4)n3-c1ccccc1.C1=Cc2cc3c(-c4ccccc4)c(-c4ccccc4)c(c(-c4ccccc4)c4nc(cc5ccc(cc1n2)[nH]5)C=C4)n3-c1ccccc1.[Fe]. The zero-order valence-corrected chi connectivity index (χ0v) is 53.6. The van der Waals surface area contributed by atoms with Crippen molar-refractivity contribution in [3.8, 4) is 78.1 Å². The minimum absolute atomic E-state index is 0. The van der Waals surface area contributed by atoms with Crippen molar-refractivity contribution in [2.24, 2.45) is 0 Å². The van der Waals surface area contributed by atoms with Gasteiger partial charge in [-0.2, -0.15) is 0 Å². The molecule has 0 aliphatic carbocycles. The fourth-order valence-corrected chi connectivity index (χ4v) is 13.6. The molecular formula is C88H60FeN8. The van der Waals surface area contributed by atoms with Crippen LogP contribution in [0.3, 0.4) is 0 Å². The predicted octanol–water partition coefficient (Wildman–Crippen LogP) is 22.2. The van der Waals surface area contributed by atoms with Crippen LogP contribution >= 0.6 is 0 Å². The molecule has 18 rings (SSSR count). The van der Waals surface area contributed by atoms with E-state index < -0.39 is 0 Å². The molecule has 97 heavy (non-hydrogen) atoms. The van der Waals surface area contributed by atoms with E-state index in [1.54, 1.807) is 0 Å². The maximum Gasteiger partial charge on any atom is 0.0737 e. The van der Waals surface area contributed by atoms with Crippen molar-refractivity contribution >= 4 is 92.7 Å². The molecule has 4 aliphatic heterocycles. The van der Waals surface area contributed by atoms with Crippen molar-refractivity contribution in [2.75, 3.05) is 0 Å². The smallest absolute Gasteiger partial charge is 0.0737 e. The number of fused-ring (bicyclic) bond motifs is 16. The average molecular weight is 1290 g/mol. The fourth-order valence-electron chi connectivity index (χ4n) is 13.6. The summed E-state index contributed by atoms with van der Waals surface area (Å²) in [6.45, 7) is 0. The molecular weight excluding hydrogens is 1220 g/mol. The van der Waals surface area contributed by atoms with Gasteiger partial charge in [0.05, 0.1) is 67.6 Å². The Hall–Kier alpha value is -12.5. The number of H-pyrrole nitrogens is 2. The first-order valence-corrected chi connectivity index (χ1v) is 32.3. The monoisotopic (exact) mass is 1280 g/mol. The Bertz CT molecular complexity index is 5410. The summed E-state index contributed by atoms with van der Waals surface area (Å²) >= 11 is 0. The molecule has 0 atom stereocenters. The first-order chi connectivity index (χ1) is 47.6. The van der Waals surface area contributed by atoms with Crippen molar-refractivity contribution in [1.82, 2.24) is 39.0 Å². The van der Waals surface area contributed by atoms with Crippen LogP contribution in [0.25, 0.3) is 171 Å². The van der Waals surface area contributed by atoms with Crippen LogP contribution < -0.4 is 0 Å². The molecule has 460 valence electrons. The van der Waals surface area contributed by atoms with Crippen LogP contribution in [0.15, 0.2) is 303 Å². The number of nitrogens with zero attached hydrogens (tertiary/aromatic N) is 6. The largest absolute Gasteiger partial charge is 0.355 e. The average Bonchev–Trinajstić information content (AvgIpc) is 1.58. The van der Waals surface area contributed by atoms with E-state index in [1.807, 2.05) is 0 Å². The van der Waals surface area contributed by atoms with Crippen LogP contribution in [-0.4, -0.2) is 39.0 Å². The summed E-state index contributed by atoms with van der Waals surface area (Å²) in [5.74, 6) is 0. The molecule has 8 nitrogen and oxygen atoms in total. The van der Waals surface area contributed by atoms with E-state index in [2.05, 4.69) is 371 Å². The van der Waals surface area contributed by atoms with E-state index in [1.165, 1.54) is 0 Å². The van der Waals surface area contributed by atoms with Gasteiger partial charge in [-0.15, -0.1) is 0 Å². The van der Waals surface area contributed by atoms with E-state index >= 15 is 0 Å². The second kappa shape index (κ2) is 26.1. The number of rotatable bonds is 8. The summed E-state index contributed by atoms with van der Waals surface area (Å²) in [6.07, 6.45) is 16.9. The molecule has 8 aromatic carbocycles. The van der Waals surface area contributed by atoms with Crippen LogP contribution in [0, 0.1) is 0 Å². The van der Waals surface area contributed by atoms with Gasteiger partial charge in [0.15, 0.2) is 0 Å². The molecule has 6 aromatic heterocycles. The second-order valence-corrected chi connectivity index (χ2v) is 24.0. The molecule has 0 saturated carbocycles. The first-order valence-electron chi connectivity index (χ1n) is 32.3. The Morgan fingerprint density at radius 1 is 0.216 bits per heavy atom. The Morgan fingerprint density at radius 2 is 0.454 bits per heavy atom. The molecule has 0 unspecified atom stereocenters. The Labute approximate surface area is 572 Å². The third-order valence-electron chi connectivity index (χ3n) is 17.7. The molecule has 0 saturated heterocycles. The molecule has 4 aliphatic rings. The van der Waals surface area contributed by atoms with Gasteiger partial charge in [-0.1, -0.05) is 218 Å². The molecule has 0 radical (unpaired) electrons. The van der Waals surface area contributed by atoms with Gasteiger partial charge in [0.2, 0.25) is 0 Å². The van der Waals surface area contributed by atoms with Gasteiger partial charge in [-0.3, -0.25) is 0 Å². The van der Waals surface area contributed by atoms with Crippen molar-refractivity contribution in [2.45, 2.75) is 0 Å². The molecule has 0 amide bonds. The minimum Gasteiger partial charge on any atom is -0.355 e. The number of aromatic amines is 2. The molecule has 9 heteroatoms. The minimum atomic E-state index is 0. The second-order valence-electron chi connectivity index (χ2n) is 24.0. The van der Waals surface area contributed by atoms with Crippen LogP contribution in [0.2, 0.25) is 0 Å². The molecule has 2 N–H and O–H groups in total. The van der Waals surface area contributed by atoms with Crippen molar-refractivity contribution < 1.29 is 17.1 Å². The third kappa shape index (κ3) is 11.7. The molecule has 0 fully saturated rings. The van der Waals surface area contributed by atoms with Gasteiger partial charge in [0.25, 0.3) is 0 Å². The van der Waals surface area contributed by atoms with Gasteiger partial charge in [0, 0.05) is 83.9 Å². The van der Waals surface area contributed by atoms with Crippen LogP contribution in [0.5, 0.6) is 0 Å². The zero-order chi connectivity index (χ0) is 63.7. The van der Waals surface area contributed by atoms with Gasteiger partial charge in [-0.25, -0.2) is 19.9 Å². The van der Waals surface area contributed by atoms with Crippen molar-refractivity contribution in [3.05, 3.63) is 349 Å². The third-order valence-corrected chi connectivity index (χ3v) is 17.7. The van der Waals surface area contributed by atoms with Gasteiger partial charge in [0.1, 0.15) is 0 Å². The van der Waals surface area contributed by atoms with E-state index in [0.717, 1.165) is 168 Å². The van der Waals surface area contributed by atoms with Crippen LogP contribution in [0.1, 0.15) is 45.6 Å². The van der Waals surface area contributed by atoms with Crippen LogP contribution in [-0.2, 0) is 17.1 Å². The van der Waals surface area contributed by atoms with E-state index in [0.29, 0.717) is 0 Å². The topological polar surface area (TPSA) is 93.0 Å². The molecule has 10 heterocycles. The quantitative estimate of drug-likeness (QED) is 0.148. The number of nitrogens with one attached hydrogen (secondary N) is 2. The standard InChI is InChI=1S/2C44H30N4.Fe/c2*1-5-13-30(14-6-1)41-39-26-25-36(47-39)28-35-22-21-33(45-35)27-34-23-24-37(46-34)29-40-42(31-15-7-2-8-16-31)43(32-17-9-3-10-18-32)44(41)48(40)38-19-11-4-12-20-38;/h2*1-29,45H;. The maximum absolute atomic E-state index is 5.29. The van der Waals surface area contributed by atoms with Crippen LogP contribution in [0.4, 0.5) is 0 Å². The van der Waals surface area contributed by atoms with E-state index in [9.17, 15) is 0 Å². The number of aromatic nitrogens is 8. The summed E-state index contributed by atoms with van der Waals surface area (Å²) in [5, 5.41) is 0. The molecule has 0 spiro atoms. The van der Waals surface area contributed by atoms with Gasteiger partial charge >= 0.3 is 0 Å². The molecule has 16 bridgehead atoms. The number of para-hydroxylation sites is 2. The zero-order valence-electron chi connectivity index (χ0n) is 52.5. The van der Waals surface area contributed by atoms with Crippen molar-refractivity contribution in [3.63, 3.8) is 0 Å². The van der Waals surface area contributed by atoms with E-state index in [-0.39, 0.29) is 17.1 Å².